The molecule has 4 rings (SSSR count). The molecular weight excluding hydrogens is 483 g/mol. The van der Waals surface area contributed by atoms with Crippen molar-refractivity contribution in [1.82, 2.24) is 19.8 Å². The number of para-hydroxylation sites is 1. The number of hydrogen-bond donors (Lipinski definition) is 2. The average Bonchev–Trinajstić information content (AvgIpc) is 3.23. The molecule has 3 aromatic rings. The van der Waals surface area contributed by atoms with Gasteiger partial charge in [-0.1, -0.05) is 47.5 Å². The second-order valence-electron chi connectivity index (χ2n) is 7.20. The number of benzene rings is 2. The summed E-state index contributed by atoms with van der Waals surface area (Å²) in [6.45, 7) is 1.77. The monoisotopic (exact) mass is 504 g/mol. The van der Waals surface area contributed by atoms with E-state index in [1.165, 1.54) is 11.9 Å². The second-order valence-corrected chi connectivity index (χ2v) is 8.89. The number of hydrogen-bond acceptors (Lipinski definition) is 5. The number of halogens is 2. The summed E-state index contributed by atoms with van der Waals surface area (Å²) in [5, 5.41) is 8.54. The van der Waals surface area contributed by atoms with Gasteiger partial charge in [0.2, 0.25) is 0 Å². The Hall–Kier alpha value is -2.65. The lowest BCUT2D eigenvalue weighted by atomic mass is 10.1. The topological polar surface area (TPSA) is 77.4 Å². The molecule has 0 atom stereocenters. The van der Waals surface area contributed by atoms with Crippen LogP contribution in [0.2, 0.25) is 10.0 Å². The SMILES string of the molecule is COc1ccccc1SNC(=O)NC/C=C1\COCc2cnn(Cc3ccc(Cl)cc3Cl)c21. The maximum absolute atomic E-state index is 12.2. The van der Waals surface area contributed by atoms with Gasteiger partial charge >= 0.3 is 6.03 Å². The molecule has 0 spiro atoms. The molecule has 1 aliphatic heterocycles. The van der Waals surface area contributed by atoms with Crippen LogP contribution in [-0.4, -0.2) is 36.1 Å². The molecule has 33 heavy (non-hydrogen) atoms. The first-order valence-electron chi connectivity index (χ1n) is 10.1. The number of carbonyl (C=O) groups is 1. The van der Waals surface area contributed by atoms with Crippen molar-refractivity contribution in [1.29, 1.82) is 0 Å². The first kappa shape index (κ1) is 23.5. The highest BCUT2D eigenvalue weighted by Gasteiger charge is 2.21. The van der Waals surface area contributed by atoms with Gasteiger partial charge < -0.3 is 14.8 Å². The fraction of sp³-hybridized carbons (Fsp3) is 0.217. The molecule has 2 amide bonds. The Bertz CT molecular complexity index is 1180. The third-order valence-electron chi connectivity index (χ3n) is 5.00. The molecular formula is C23H22Cl2N4O3S. The van der Waals surface area contributed by atoms with Crippen LogP contribution >= 0.6 is 35.1 Å². The third-order valence-corrected chi connectivity index (χ3v) is 6.44. The number of amides is 2. The highest BCUT2D eigenvalue weighted by atomic mass is 35.5. The summed E-state index contributed by atoms with van der Waals surface area (Å²) >= 11 is 13.6. The summed E-state index contributed by atoms with van der Waals surface area (Å²) in [7, 11) is 1.59. The molecule has 2 heterocycles. The summed E-state index contributed by atoms with van der Waals surface area (Å²) in [5.41, 5.74) is 3.85. The fourth-order valence-corrected chi connectivity index (χ4v) is 4.58. The van der Waals surface area contributed by atoms with Gasteiger partial charge in [-0.3, -0.25) is 9.40 Å². The van der Waals surface area contributed by atoms with Crippen LogP contribution in [-0.2, 0) is 17.9 Å². The predicted molar refractivity (Wildman–Crippen MR) is 131 cm³/mol. The standard InChI is InChI=1S/C23H22Cl2N4O3S/c1-31-20-4-2-3-5-21(20)33-28-23(30)26-9-8-16-13-32-14-17-11-27-29(22(16)17)12-15-6-7-18(24)10-19(15)25/h2-8,10-11H,9,12-14H2,1H3,(H2,26,28,30)/b16-8+. The Labute approximate surface area is 206 Å². The molecule has 0 aliphatic carbocycles. The summed E-state index contributed by atoms with van der Waals surface area (Å²) in [5.74, 6) is 0.700. The summed E-state index contributed by atoms with van der Waals surface area (Å²) in [6, 6.07) is 12.6. The van der Waals surface area contributed by atoms with Crippen LogP contribution in [0.3, 0.4) is 0 Å². The van der Waals surface area contributed by atoms with Gasteiger partial charge in [0.15, 0.2) is 0 Å². The minimum Gasteiger partial charge on any atom is -0.496 e. The maximum atomic E-state index is 12.2. The van der Waals surface area contributed by atoms with Crippen molar-refractivity contribution in [3.63, 3.8) is 0 Å². The van der Waals surface area contributed by atoms with E-state index in [-0.39, 0.29) is 6.03 Å². The van der Waals surface area contributed by atoms with Crippen LogP contribution in [0.25, 0.3) is 5.57 Å². The van der Waals surface area contributed by atoms with Crippen LogP contribution in [0.1, 0.15) is 16.8 Å². The molecule has 1 aliphatic rings. The number of nitrogens with zero attached hydrogens (tertiary/aromatic N) is 2. The zero-order valence-corrected chi connectivity index (χ0v) is 20.1. The van der Waals surface area contributed by atoms with Crippen LogP contribution < -0.4 is 14.8 Å². The van der Waals surface area contributed by atoms with Gasteiger partial charge in [-0.15, -0.1) is 0 Å². The number of carbonyl (C=O) groups excluding carboxylic acids is 1. The lowest BCUT2D eigenvalue weighted by molar-refractivity contribution is 0.145. The van der Waals surface area contributed by atoms with Crippen molar-refractivity contribution in [2.24, 2.45) is 0 Å². The second kappa shape index (κ2) is 11.0. The normalized spacial score (nSPS) is 14.1. The van der Waals surface area contributed by atoms with Crippen LogP contribution in [0, 0.1) is 0 Å². The van der Waals surface area contributed by atoms with Crippen molar-refractivity contribution in [2.75, 3.05) is 20.3 Å². The van der Waals surface area contributed by atoms with Crippen molar-refractivity contribution < 1.29 is 14.3 Å². The van der Waals surface area contributed by atoms with E-state index >= 15 is 0 Å². The minimum atomic E-state index is -0.304. The maximum Gasteiger partial charge on any atom is 0.325 e. The molecule has 0 fully saturated rings. The van der Waals surface area contributed by atoms with Crippen molar-refractivity contribution in [3.8, 4) is 5.75 Å². The number of urea groups is 1. The Morgan fingerprint density at radius 2 is 2.12 bits per heavy atom. The fourth-order valence-electron chi connectivity index (χ4n) is 3.44. The molecule has 7 nitrogen and oxygen atoms in total. The minimum absolute atomic E-state index is 0.304. The van der Waals surface area contributed by atoms with E-state index in [0.29, 0.717) is 42.1 Å². The molecule has 172 valence electrons. The van der Waals surface area contributed by atoms with Gasteiger partial charge in [-0.05, 0) is 41.8 Å². The van der Waals surface area contributed by atoms with Gasteiger partial charge in [0.25, 0.3) is 0 Å². The molecule has 10 heteroatoms. The van der Waals surface area contributed by atoms with Crippen LogP contribution in [0.5, 0.6) is 5.75 Å². The van der Waals surface area contributed by atoms with Gasteiger partial charge in [-0.25, -0.2) is 4.79 Å². The summed E-state index contributed by atoms with van der Waals surface area (Å²) in [6.07, 6.45) is 3.74. The zero-order chi connectivity index (χ0) is 23.2. The Morgan fingerprint density at radius 3 is 2.94 bits per heavy atom. The molecule has 0 saturated carbocycles. The lowest BCUT2D eigenvalue weighted by Gasteiger charge is -2.19. The van der Waals surface area contributed by atoms with E-state index in [4.69, 9.17) is 32.7 Å². The van der Waals surface area contributed by atoms with Crippen LogP contribution in [0.4, 0.5) is 4.79 Å². The van der Waals surface area contributed by atoms with Crippen molar-refractivity contribution >= 4 is 46.8 Å². The smallest absolute Gasteiger partial charge is 0.325 e. The zero-order valence-electron chi connectivity index (χ0n) is 17.8. The number of rotatable bonds is 7. The van der Waals surface area contributed by atoms with Gasteiger partial charge in [0, 0.05) is 27.7 Å². The molecule has 0 unspecified atom stereocenters. The largest absolute Gasteiger partial charge is 0.496 e. The predicted octanol–water partition coefficient (Wildman–Crippen LogP) is 5.17. The quantitative estimate of drug-likeness (QED) is 0.434. The number of ether oxygens (including phenoxy) is 2. The number of fused-ring (bicyclic) bond motifs is 1. The van der Waals surface area contributed by atoms with E-state index in [1.54, 1.807) is 19.4 Å². The first-order valence-corrected chi connectivity index (χ1v) is 11.7. The van der Waals surface area contributed by atoms with Crippen molar-refractivity contribution in [3.05, 3.63) is 81.6 Å². The molecule has 1 aromatic heterocycles. The molecule has 2 N–H and O–H groups in total. The lowest BCUT2D eigenvalue weighted by Crippen LogP contribution is -2.31. The average molecular weight is 505 g/mol. The third kappa shape index (κ3) is 5.83. The Balaban J connectivity index is 1.40. The molecule has 0 saturated heterocycles. The Kier molecular flexibility index (Phi) is 7.82. The molecule has 0 bridgehead atoms. The Morgan fingerprint density at radius 1 is 1.27 bits per heavy atom. The van der Waals surface area contributed by atoms with Crippen molar-refractivity contribution in [2.45, 2.75) is 18.0 Å². The first-order chi connectivity index (χ1) is 16.0. The number of aromatic nitrogens is 2. The number of nitrogens with one attached hydrogen (secondary N) is 2. The summed E-state index contributed by atoms with van der Waals surface area (Å²) < 4.78 is 15.6. The van der Waals surface area contributed by atoms with Gasteiger partial charge in [-0.2, -0.15) is 5.10 Å². The van der Waals surface area contributed by atoms with E-state index < -0.39 is 0 Å². The van der Waals surface area contributed by atoms with Gasteiger partial charge in [0.1, 0.15) is 5.75 Å². The summed E-state index contributed by atoms with van der Waals surface area (Å²) in [4.78, 5) is 13.1. The van der Waals surface area contributed by atoms with E-state index in [0.717, 1.165) is 27.3 Å². The van der Waals surface area contributed by atoms with E-state index in [1.807, 2.05) is 47.2 Å². The highest BCUT2D eigenvalue weighted by molar-refractivity contribution is 7.98. The number of methoxy groups -OCH3 is 1. The highest BCUT2D eigenvalue weighted by Crippen LogP contribution is 2.28. The van der Waals surface area contributed by atoms with E-state index in [2.05, 4.69) is 15.1 Å². The van der Waals surface area contributed by atoms with Crippen LogP contribution in [0.15, 0.2) is 59.6 Å². The van der Waals surface area contributed by atoms with E-state index in [9.17, 15) is 4.79 Å². The van der Waals surface area contributed by atoms with Gasteiger partial charge in [0.05, 0.1) is 43.7 Å². The molecule has 2 aromatic carbocycles. The molecule has 0 radical (unpaired) electrons.